The highest BCUT2D eigenvalue weighted by Gasteiger charge is 2.24. The van der Waals surface area contributed by atoms with Crippen LogP contribution in [0.1, 0.15) is 18.4 Å². The van der Waals surface area contributed by atoms with E-state index in [0.717, 1.165) is 12.0 Å². The predicted octanol–water partition coefficient (Wildman–Crippen LogP) is 0.456. The number of nitrogens with zero attached hydrogens (tertiary/aromatic N) is 2. The normalized spacial score (nSPS) is 15.3. The van der Waals surface area contributed by atoms with E-state index in [1.54, 1.807) is 36.3 Å². The van der Waals surface area contributed by atoms with Crippen LogP contribution >= 0.6 is 0 Å². The molecule has 0 bridgehead atoms. The summed E-state index contributed by atoms with van der Waals surface area (Å²) in [5.41, 5.74) is 0.988. The van der Waals surface area contributed by atoms with Crippen molar-refractivity contribution < 1.29 is 22.7 Å². The number of sulfone groups is 1. The highest BCUT2D eigenvalue weighted by Crippen LogP contribution is 2.14. The number of hydrogen-bond donors (Lipinski definition) is 1. The number of rotatable bonds is 10. The van der Waals surface area contributed by atoms with Crippen molar-refractivity contribution in [3.63, 3.8) is 0 Å². The Kier molecular flexibility index (Phi) is 9.06. The van der Waals surface area contributed by atoms with E-state index >= 15 is 0 Å². The Balaban J connectivity index is 1.71. The second-order valence-corrected chi connectivity index (χ2v) is 9.34. The van der Waals surface area contributed by atoms with E-state index in [4.69, 9.17) is 4.74 Å². The maximum Gasteiger partial charge on any atom is 0.234 e. The van der Waals surface area contributed by atoms with Crippen molar-refractivity contribution in [3.8, 4) is 0 Å². The number of carbonyl (C=O) groups is 2. The molecular formula is C20H31N3O5S. The van der Waals surface area contributed by atoms with Crippen LogP contribution in [0.15, 0.2) is 29.2 Å². The van der Waals surface area contributed by atoms with Crippen LogP contribution in [0.3, 0.4) is 0 Å². The Morgan fingerprint density at radius 2 is 1.76 bits per heavy atom. The van der Waals surface area contributed by atoms with Crippen LogP contribution in [0.25, 0.3) is 0 Å². The van der Waals surface area contributed by atoms with Gasteiger partial charge in [-0.05, 0) is 25.5 Å². The summed E-state index contributed by atoms with van der Waals surface area (Å²) in [6, 6.07) is 6.66. The first-order chi connectivity index (χ1) is 13.8. The number of benzene rings is 1. The molecule has 1 aromatic carbocycles. The Morgan fingerprint density at radius 1 is 1.10 bits per heavy atom. The Hall–Kier alpha value is -1.97. The molecule has 0 aromatic heterocycles. The first kappa shape index (κ1) is 23.3. The van der Waals surface area contributed by atoms with Crippen molar-refractivity contribution in [1.29, 1.82) is 0 Å². The second kappa shape index (κ2) is 11.3. The topological polar surface area (TPSA) is 96.0 Å². The molecule has 1 N–H and O–H groups in total. The minimum atomic E-state index is -3.47. The van der Waals surface area contributed by atoms with Gasteiger partial charge in [0.1, 0.15) is 0 Å². The van der Waals surface area contributed by atoms with Crippen molar-refractivity contribution in [2.75, 3.05) is 58.7 Å². The van der Waals surface area contributed by atoms with Gasteiger partial charge in [0.15, 0.2) is 9.84 Å². The van der Waals surface area contributed by atoms with Crippen LogP contribution in [0, 0.1) is 6.92 Å². The van der Waals surface area contributed by atoms with Gasteiger partial charge in [-0.15, -0.1) is 0 Å². The zero-order chi connectivity index (χ0) is 21.3. The fraction of sp³-hybridized carbons (Fsp3) is 0.600. The third kappa shape index (κ3) is 7.75. The van der Waals surface area contributed by atoms with E-state index in [0.29, 0.717) is 45.9 Å². The van der Waals surface area contributed by atoms with Crippen LogP contribution in [-0.4, -0.2) is 88.8 Å². The lowest BCUT2D eigenvalue weighted by molar-refractivity contribution is -0.132. The largest absolute Gasteiger partial charge is 0.385 e. The number of methoxy groups -OCH3 is 1. The summed E-state index contributed by atoms with van der Waals surface area (Å²) in [5, 5.41) is 2.85. The highest BCUT2D eigenvalue weighted by molar-refractivity contribution is 7.91. The lowest BCUT2D eigenvalue weighted by atomic mass is 10.2. The van der Waals surface area contributed by atoms with Gasteiger partial charge in [-0.2, -0.15) is 0 Å². The van der Waals surface area contributed by atoms with Crippen molar-refractivity contribution >= 4 is 21.7 Å². The molecule has 0 atom stereocenters. The lowest BCUT2D eigenvalue weighted by Crippen LogP contribution is -2.51. The molecule has 2 amide bonds. The number of ether oxygens (including phenoxy) is 1. The van der Waals surface area contributed by atoms with Gasteiger partial charge in [0, 0.05) is 52.9 Å². The van der Waals surface area contributed by atoms with Crippen LogP contribution < -0.4 is 5.32 Å². The average Bonchev–Trinajstić information content (AvgIpc) is 2.70. The molecule has 0 spiro atoms. The number of piperazine rings is 1. The number of hydrogen-bond acceptors (Lipinski definition) is 6. The van der Waals surface area contributed by atoms with Crippen molar-refractivity contribution in [2.24, 2.45) is 0 Å². The van der Waals surface area contributed by atoms with E-state index in [9.17, 15) is 18.0 Å². The molecule has 1 saturated heterocycles. The quantitative estimate of drug-likeness (QED) is 0.547. The third-order valence-corrected chi connectivity index (χ3v) is 6.64. The maximum absolute atomic E-state index is 12.4. The fourth-order valence-electron chi connectivity index (χ4n) is 3.10. The molecule has 9 heteroatoms. The highest BCUT2D eigenvalue weighted by atomic mass is 32.2. The Morgan fingerprint density at radius 3 is 2.38 bits per heavy atom. The molecule has 2 rings (SSSR count). The molecule has 1 aromatic rings. The summed E-state index contributed by atoms with van der Waals surface area (Å²) < 4.78 is 29.7. The van der Waals surface area contributed by atoms with Crippen molar-refractivity contribution in [3.05, 3.63) is 29.8 Å². The third-order valence-electron chi connectivity index (χ3n) is 4.90. The summed E-state index contributed by atoms with van der Waals surface area (Å²) in [6.07, 6.45) is 0.742. The van der Waals surface area contributed by atoms with Gasteiger partial charge in [-0.25, -0.2) is 8.42 Å². The molecule has 29 heavy (non-hydrogen) atoms. The standard InChI is InChI=1S/C20H31N3O5S/c1-17-4-6-18(7-5-17)29(26,27)15-8-20(25)23-12-10-22(11-13-23)16-19(24)21-9-3-14-28-2/h4-7H,3,8-16H2,1-2H3,(H,21,24). The maximum atomic E-state index is 12.4. The first-order valence-corrected chi connectivity index (χ1v) is 11.5. The molecule has 0 saturated carbocycles. The molecule has 1 aliphatic rings. The molecule has 1 heterocycles. The summed E-state index contributed by atoms with van der Waals surface area (Å²) in [6.45, 7) is 5.59. The van der Waals surface area contributed by atoms with Crippen molar-refractivity contribution in [1.82, 2.24) is 15.1 Å². The smallest absolute Gasteiger partial charge is 0.234 e. The molecule has 162 valence electrons. The lowest BCUT2D eigenvalue weighted by Gasteiger charge is -2.34. The molecule has 0 unspecified atom stereocenters. The zero-order valence-electron chi connectivity index (χ0n) is 17.2. The van der Waals surface area contributed by atoms with E-state index in [1.807, 2.05) is 11.8 Å². The van der Waals surface area contributed by atoms with E-state index in [-0.39, 0.29) is 28.9 Å². The van der Waals surface area contributed by atoms with Gasteiger partial charge in [0.25, 0.3) is 0 Å². The van der Waals surface area contributed by atoms with E-state index in [1.165, 1.54) is 0 Å². The molecule has 1 fully saturated rings. The minimum absolute atomic E-state index is 0.0316. The molecular weight excluding hydrogens is 394 g/mol. The molecule has 8 nitrogen and oxygen atoms in total. The van der Waals surface area contributed by atoms with Crippen LogP contribution in [-0.2, 0) is 24.2 Å². The fourth-order valence-corrected chi connectivity index (χ4v) is 4.33. The van der Waals surface area contributed by atoms with Gasteiger partial charge in [-0.1, -0.05) is 17.7 Å². The Labute approximate surface area is 173 Å². The molecule has 1 aliphatic heterocycles. The SMILES string of the molecule is COCCCNC(=O)CN1CCN(C(=O)CCS(=O)(=O)c2ccc(C)cc2)CC1. The van der Waals surface area contributed by atoms with Gasteiger partial charge in [0.2, 0.25) is 11.8 Å². The van der Waals surface area contributed by atoms with Crippen LogP contribution in [0.5, 0.6) is 0 Å². The number of nitrogens with one attached hydrogen (secondary N) is 1. The monoisotopic (exact) mass is 425 g/mol. The molecule has 0 radical (unpaired) electrons. The van der Waals surface area contributed by atoms with E-state index < -0.39 is 9.84 Å². The van der Waals surface area contributed by atoms with E-state index in [2.05, 4.69) is 5.32 Å². The minimum Gasteiger partial charge on any atom is -0.385 e. The zero-order valence-corrected chi connectivity index (χ0v) is 18.0. The number of amides is 2. The first-order valence-electron chi connectivity index (χ1n) is 9.87. The Bertz CT molecular complexity index is 772. The van der Waals surface area contributed by atoms with Crippen molar-refractivity contribution in [2.45, 2.75) is 24.7 Å². The van der Waals surface area contributed by atoms with Crippen LogP contribution in [0.2, 0.25) is 0 Å². The number of carbonyl (C=O) groups excluding carboxylic acids is 2. The average molecular weight is 426 g/mol. The predicted molar refractivity (Wildman–Crippen MR) is 110 cm³/mol. The van der Waals surface area contributed by atoms with Gasteiger partial charge in [0.05, 0.1) is 17.2 Å². The van der Waals surface area contributed by atoms with Gasteiger partial charge in [-0.3, -0.25) is 14.5 Å². The molecule has 0 aliphatic carbocycles. The second-order valence-electron chi connectivity index (χ2n) is 7.24. The number of aryl methyl sites for hydroxylation is 1. The van der Waals surface area contributed by atoms with Gasteiger partial charge < -0.3 is 15.0 Å². The van der Waals surface area contributed by atoms with Crippen LogP contribution in [0.4, 0.5) is 0 Å². The summed E-state index contributed by atoms with van der Waals surface area (Å²) in [7, 11) is -1.84. The summed E-state index contributed by atoms with van der Waals surface area (Å²) >= 11 is 0. The summed E-state index contributed by atoms with van der Waals surface area (Å²) in [5.74, 6) is -0.395. The summed E-state index contributed by atoms with van der Waals surface area (Å²) in [4.78, 5) is 28.3. The van der Waals surface area contributed by atoms with Gasteiger partial charge >= 0.3 is 0 Å².